The Labute approximate surface area is 68.4 Å². The van der Waals surface area contributed by atoms with Crippen LogP contribution in [0.25, 0.3) is 0 Å². The summed E-state index contributed by atoms with van der Waals surface area (Å²) in [5.74, 6) is 0. The molecular formula is C5H10BrO3P. The summed E-state index contributed by atoms with van der Waals surface area (Å²) in [6.45, 7) is 3.13. The third-order valence-electron chi connectivity index (χ3n) is 1.26. The van der Waals surface area contributed by atoms with Crippen LogP contribution in [0.4, 0.5) is 0 Å². The smallest absolute Gasteiger partial charge is 0.321 e. The fraction of sp³-hybridized carbons (Fsp3) is 0.600. The highest BCUT2D eigenvalue weighted by molar-refractivity contribution is 9.09. The average molecular weight is 229 g/mol. The van der Waals surface area contributed by atoms with E-state index in [9.17, 15) is 4.57 Å². The van der Waals surface area contributed by atoms with Crippen LogP contribution in [0.1, 0.15) is 13.8 Å². The van der Waals surface area contributed by atoms with Crippen molar-refractivity contribution in [2.45, 2.75) is 13.8 Å². The molecule has 0 spiro atoms. The fourth-order valence-corrected chi connectivity index (χ4v) is 1.56. The van der Waals surface area contributed by atoms with E-state index in [1.807, 2.05) is 0 Å². The van der Waals surface area contributed by atoms with Crippen molar-refractivity contribution in [3.63, 3.8) is 0 Å². The Morgan fingerprint density at radius 1 is 1.50 bits per heavy atom. The van der Waals surface area contributed by atoms with E-state index in [-0.39, 0.29) is 5.31 Å². The molecule has 0 atom stereocenters. The van der Waals surface area contributed by atoms with E-state index < -0.39 is 7.60 Å². The van der Waals surface area contributed by atoms with Gasteiger partial charge in [-0.2, -0.15) is 0 Å². The van der Waals surface area contributed by atoms with E-state index in [0.29, 0.717) is 10.9 Å². The van der Waals surface area contributed by atoms with Crippen molar-refractivity contribution >= 4 is 23.5 Å². The molecule has 0 rings (SSSR count). The second-order valence-corrected chi connectivity index (χ2v) is 4.36. The number of rotatable bonds is 2. The molecule has 0 aromatic heterocycles. The van der Waals surface area contributed by atoms with Crippen molar-refractivity contribution in [2.75, 3.05) is 5.33 Å². The summed E-state index contributed by atoms with van der Waals surface area (Å²) in [5.41, 5.74) is 0.688. The van der Waals surface area contributed by atoms with E-state index in [1.54, 1.807) is 6.92 Å². The van der Waals surface area contributed by atoms with Crippen molar-refractivity contribution in [1.29, 1.82) is 0 Å². The summed E-state index contributed by atoms with van der Waals surface area (Å²) in [6, 6.07) is 0. The molecule has 0 aromatic carbocycles. The lowest BCUT2D eigenvalue weighted by Crippen LogP contribution is -1.86. The first-order valence-electron chi connectivity index (χ1n) is 2.68. The maximum absolute atomic E-state index is 10.5. The summed E-state index contributed by atoms with van der Waals surface area (Å²) in [6.07, 6.45) is 0. The number of alkyl halides is 1. The van der Waals surface area contributed by atoms with Crippen molar-refractivity contribution in [3.05, 3.63) is 10.9 Å². The van der Waals surface area contributed by atoms with Gasteiger partial charge in [-0.25, -0.2) is 0 Å². The molecule has 2 N–H and O–H groups in total. The maximum Gasteiger partial charge on any atom is 0.351 e. The average Bonchev–Trinajstić information content (AvgIpc) is 1.83. The lowest BCUT2D eigenvalue weighted by atomic mass is 10.3. The van der Waals surface area contributed by atoms with Crippen LogP contribution in [0.2, 0.25) is 0 Å². The van der Waals surface area contributed by atoms with Crippen LogP contribution in [0.15, 0.2) is 10.9 Å². The summed E-state index contributed by atoms with van der Waals surface area (Å²) < 4.78 is 10.5. The van der Waals surface area contributed by atoms with Gasteiger partial charge in [0.1, 0.15) is 0 Å². The molecule has 0 aliphatic heterocycles. The highest BCUT2D eigenvalue weighted by atomic mass is 79.9. The zero-order chi connectivity index (χ0) is 8.36. The monoisotopic (exact) mass is 228 g/mol. The predicted molar refractivity (Wildman–Crippen MR) is 44.2 cm³/mol. The first-order chi connectivity index (χ1) is 4.39. The Morgan fingerprint density at radius 3 is 2.00 bits per heavy atom. The Morgan fingerprint density at radius 2 is 1.90 bits per heavy atom. The number of hydrogen-bond acceptors (Lipinski definition) is 1. The van der Waals surface area contributed by atoms with Gasteiger partial charge in [-0.1, -0.05) is 21.5 Å². The highest BCUT2D eigenvalue weighted by Crippen LogP contribution is 2.46. The van der Waals surface area contributed by atoms with Gasteiger partial charge in [-0.15, -0.1) is 0 Å². The Hall–Kier alpha value is 0.370. The molecule has 0 saturated carbocycles. The van der Waals surface area contributed by atoms with Gasteiger partial charge in [0.25, 0.3) is 0 Å². The fourth-order valence-electron chi connectivity index (χ4n) is 0.345. The van der Waals surface area contributed by atoms with Crippen molar-refractivity contribution in [3.8, 4) is 0 Å². The van der Waals surface area contributed by atoms with E-state index in [0.717, 1.165) is 0 Å². The van der Waals surface area contributed by atoms with Gasteiger partial charge in [0.15, 0.2) is 0 Å². The molecule has 0 unspecified atom stereocenters. The first-order valence-corrected chi connectivity index (χ1v) is 5.41. The van der Waals surface area contributed by atoms with Gasteiger partial charge in [-0.05, 0) is 13.8 Å². The minimum absolute atomic E-state index is 0.157. The van der Waals surface area contributed by atoms with Gasteiger partial charge in [0, 0.05) is 10.6 Å². The summed E-state index contributed by atoms with van der Waals surface area (Å²) in [5, 5.41) is 0.661. The van der Waals surface area contributed by atoms with Crippen LogP contribution in [0.5, 0.6) is 0 Å². The molecule has 0 aliphatic rings. The van der Waals surface area contributed by atoms with E-state index in [4.69, 9.17) is 9.79 Å². The van der Waals surface area contributed by atoms with Crippen LogP contribution < -0.4 is 0 Å². The zero-order valence-corrected chi connectivity index (χ0v) is 8.32. The molecule has 0 fully saturated rings. The molecule has 0 saturated heterocycles. The third-order valence-corrected chi connectivity index (χ3v) is 3.35. The van der Waals surface area contributed by atoms with Crippen LogP contribution in [-0.2, 0) is 4.57 Å². The van der Waals surface area contributed by atoms with Gasteiger partial charge in [0.05, 0.1) is 0 Å². The molecule has 0 aliphatic carbocycles. The lowest BCUT2D eigenvalue weighted by Gasteiger charge is -2.05. The van der Waals surface area contributed by atoms with Crippen molar-refractivity contribution in [2.24, 2.45) is 0 Å². The Kier molecular flexibility index (Phi) is 3.81. The van der Waals surface area contributed by atoms with E-state index >= 15 is 0 Å². The number of allylic oxidation sites excluding steroid dienone is 2. The predicted octanol–water partition coefficient (Wildman–Crippen LogP) is 1.85. The molecule has 5 heteroatoms. The van der Waals surface area contributed by atoms with Crippen molar-refractivity contribution in [1.82, 2.24) is 0 Å². The summed E-state index contributed by atoms with van der Waals surface area (Å²) in [4.78, 5) is 17.2. The molecule has 0 amide bonds. The lowest BCUT2D eigenvalue weighted by molar-refractivity contribution is 0.382. The summed E-state index contributed by atoms with van der Waals surface area (Å²) >= 11 is 3.11. The molecular weight excluding hydrogens is 219 g/mol. The van der Waals surface area contributed by atoms with E-state index in [2.05, 4.69) is 15.9 Å². The maximum atomic E-state index is 10.5. The Bertz CT molecular complexity index is 193. The quantitative estimate of drug-likeness (QED) is 0.561. The van der Waals surface area contributed by atoms with Crippen molar-refractivity contribution < 1.29 is 14.4 Å². The molecule has 3 nitrogen and oxygen atoms in total. The number of hydrogen-bond donors (Lipinski definition) is 2. The zero-order valence-electron chi connectivity index (χ0n) is 5.83. The van der Waals surface area contributed by atoms with Gasteiger partial charge < -0.3 is 9.79 Å². The Balaban J connectivity index is 4.65. The second-order valence-electron chi connectivity index (χ2n) is 2.04. The minimum Gasteiger partial charge on any atom is -0.321 e. The molecule has 0 bridgehead atoms. The van der Waals surface area contributed by atoms with Crippen LogP contribution in [-0.4, -0.2) is 15.1 Å². The SMILES string of the molecule is C/C(CBr)=C(/C)P(=O)(O)O. The van der Waals surface area contributed by atoms with Crippen LogP contribution in [0.3, 0.4) is 0 Å². The second kappa shape index (κ2) is 3.67. The van der Waals surface area contributed by atoms with Gasteiger partial charge >= 0.3 is 7.60 Å². The minimum atomic E-state index is -3.98. The third kappa shape index (κ3) is 2.97. The molecule has 0 heterocycles. The molecule has 0 radical (unpaired) electrons. The number of halogens is 1. The van der Waals surface area contributed by atoms with Crippen LogP contribution in [0, 0.1) is 0 Å². The molecule has 10 heavy (non-hydrogen) atoms. The topological polar surface area (TPSA) is 57.5 Å². The van der Waals surface area contributed by atoms with Gasteiger partial charge in [-0.3, -0.25) is 4.57 Å². The largest absolute Gasteiger partial charge is 0.351 e. The normalized spacial score (nSPS) is 14.9. The van der Waals surface area contributed by atoms with Gasteiger partial charge in [0.2, 0.25) is 0 Å². The van der Waals surface area contributed by atoms with Crippen LogP contribution >= 0.6 is 23.5 Å². The molecule has 60 valence electrons. The highest BCUT2D eigenvalue weighted by Gasteiger charge is 2.17. The standard InChI is InChI=1S/C5H10BrO3P/c1-4(3-6)5(2)10(7,8)9/h3H2,1-2H3,(H2,7,8,9)/b5-4+. The summed E-state index contributed by atoms with van der Waals surface area (Å²) in [7, 11) is -3.98. The van der Waals surface area contributed by atoms with E-state index in [1.165, 1.54) is 6.92 Å². The first kappa shape index (κ1) is 10.4. The molecule has 0 aromatic rings.